The summed E-state index contributed by atoms with van der Waals surface area (Å²) in [6, 6.07) is -0.190. The van der Waals surface area contributed by atoms with Gasteiger partial charge >= 0.3 is 0 Å². The summed E-state index contributed by atoms with van der Waals surface area (Å²) < 4.78 is 10.4. The third-order valence-corrected chi connectivity index (χ3v) is 1.98. The maximum absolute atomic E-state index is 11.0. The van der Waals surface area contributed by atoms with Gasteiger partial charge < -0.3 is 20.5 Å². The highest BCUT2D eigenvalue weighted by atomic mass is 16.6. The molecule has 1 unspecified atom stereocenters. The summed E-state index contributed by atoms with van der Waals surface area (Å²) in [4.78, 5) is 11.0. The van der Waals surface area contributed by atoms with Gasteiger partial charge in [-0.3, -0.25) is 4.79 Å². The summed E-state index contributed by atoms with van der Waals surface area (Å²) in [7, 11) is 0. The van der Waals surface area contributed by atoms with E-state index in [9.17, 15) is 4.79 Å². The van der Waals surface area contributed by atoms with Crippen LogP contribution in [-0.4, -0.2) is 43.9 Å². The van der Waals surface area contributed by atoms with Gasteiger partial charge in [0, 0.05) is 6.04 Å². The molecule has 1 atom stereocenters. The highest BCUT2D eigenvalue weighted by Crippen LogP contribution is 2.05. The molecule has 0 spiro atoms. The van der Waals surface area contributed by atoms with Crippen LogP contribution in [-0.2, 0) is 14.3 Å². The second kappa shape index (κ2) is 5.29. The summed E-state index contributed by atoms with van der Waals surface area (Å²) in [6.07, 6.45) is 0.130. The molecule has 0 aromatic rings. The normalized spacial score (nSPS) is 19.4. The average Bonchev–Trinajstić information content (AvgIpc) is 1.98. The predicted molar refractivity (Wildman–Crippen MR) is 51.8 cm³/mol. The van der Waals surface area contributed by atoms with Crippen LogP contribution in [0.5, 0.6) is 0 Å². The molecule has 0 saturated carbocycles. The van der Waals surface area contributed by atoms with Crippen molar-refractivity contribution in [3.8, 4) is 0 Å². The first-order chi connectivity index (χ1) is 6.59. The van der Waals surface area contributed by atoms with Gasteiger partial charge in [0.05, 0.1) is 19.8 Å². The fourth-order valence-electron chi connectivity index (χ4n) is 1.16. The number of hydrogen-bond donors (Lipinski definition) is 2. The molecule has 14 heavy (non-hydrogen) atoms. The first-order valence-electron chi connectivity index (χ1n) is 4.84. The van der Waals surface area contributed by atoms with E-state index in [1.165, 1.54) is 0 Å². The Labute approximate surface area is 83.9 Å². The highest BCUT2D eigenvalue weighted by molar-refractivity contribution is 5.80. The molecule has 1 amide bonds. The van der Waals surface area contributed by atoms with Crippen molar-refractivity contribution in [3.05, 3.63) is 0 Å². The summed E-state index contributed by atoms with van der Waals surface area (Å²) in [5, 5.41) is 3.04. The molecule has 1 aliphatic heterocycles. The second-order valence-electron chi connectivity index (χ2n) is 3.77. The van der Waals surface area contributed by atoms with Crippen LogP contribution < -0.4 is 11.1 Å². The number of nitrogens with one attached hydrogen (secondary N) is 1. The maximum atomic E-state index is 11.0. The van der Waals surface area contributed by atoms with Gasteiger partial charge in [0.1, 0.15) is 12.1 Å². The van der Waals surface area contributed by atoms with Crippen LogP contribution in [0.2, 0.25) is 0 Å². The van der Waals surface area contributed by atoms with E-state index in [0.717, 1.165) is 0 Å². The van der Waals surface area contributed by atoms with Crippen LogP contribution in [0, 0.1) is 0 Å². The SMILES string of the molecule is CC(C)NC(COC1COC1)C(N)=O. The molecule has 0 aliphatic carbocycles. The van der Waals surface area contributed by atoms with Gasteiger partial charge in [0.25, 0.3) is 0 Å². The smallest absolute Gasteiger partial charge is 0.236 e. The van der Waals surface area contributed by atoms with Crippen LogP contribution >= 0.6 is 0 Å². The topological polar surface area (TPSA) is 73.6 Å². The third kappa shape index (κ3) is 3.61. The van der Waals surface area contributed by atoms with Crippen LogP contribution in [0.15, 0.2) is 0 Å². The van der Waals surface area contributed by atoms with E-state index in [-0.39, 0.29) is 18.1 Å². The summed E-state index contributed by atoms with van der Waals surface area (Å²) in [5.74, 6) is -0.376. The quantitative estimate of drug-likeness (QED) is 0.594. The van der Waals surface area contributed by atoms with Crippen molar-refractivity contribution in [2.45, 2.75) is 32.0 Å². The van der Waals surface area contributed by atoms with Crippen LogP contribution in [0.25, 0.3) is 0 Å². The van der Waals surface area contributed by atoms with E-state index in [1.54, 1.807) is 0 Å². The van der Waals surface area contributed by atoms with Gasteiger partial charge in [0.2, 0.25) is 5.91 Å². The van der Waals surface area contributed by atoms with Gasteiger partial charge in [-0.1, -0.05) is 13.8 Å². The zero-order valence-electron chi connectivity index (χ0n) is 8.66. The molecule has 0 radical (unpaired) electrons. The first kappa shape index (κ1) is 11.4. The second-order valence-corrected chi connectivity index (χ2v) is 3.77. The van der Waals surface area contributed by atoms with Crippen molar-refractivity contribution in [2.24, 2.45) is 5.73 Å². The Bertz CT molecular complexity index is 192. The Kier molecular flexibility index (Phi) is 4.31. The van der Waals surface area contributed by atoms with E-state index in [2.05, 4.69) is 5.32 Å². The van der Waals surface area contributed by atoms with E-state index >= 15 is 0 Å². The molecule has 0 bridgehead atoms. The van der Waals surface area contributed by atoms with Crippen molar-refractivity contribution in [1.82, 2.24) is 5.32 Å². The Morgan fingerprint density at radius 1 is 1.64 bits per heavy atom. The van der Waals surface area contributed by atoms with E-state index in [0.29, 0.717) is 19.8 Å². The lowest BCUT2D eigenvalue weighted by Crippen LogP contribution is -2.49. The molecule has 82 valence electrons. The van der Waals surface area contributed by atoms with Crippen molar-refractivity contribution in [1.29, 1.82) is 0 Å². The minimum atomic E-state index is -0.407. The van der Waals surface area contributed by atoms with Crippen LogP contribution in [0.1, 0.15) is 13.8 Å². The Morgan fingerprint density at radius 2 is 2.29 bits per heavy atom. The van der Waals surface area contributed by atoms with Gasteiger partial charge in [0.15, 0.2) is 0 Å². The van der Waals surface area contributed by atoms with Gasteiger partial charge in [-0.15, -0.1) is 0 Å². The third-order valence-electron chi connectivity index (χ3n) is 1.98. The molecule has 1 rings (SSSR count). The maximum Gasteiger partial charge on any atom is 0.236 e. The fourth-order valence-corrected chi connectivity index (χ4v) is 1.16. The Balaban J connectivity index is 2.23. The fraction of sp³-hybridized carbons (Fsp3) is 0.889. The monoisotopic (exact) mass is 202 g/mol. The lowest BCUT2D eigenvalue weighted by Gasteiger charge is -2.28. The number of hydrogen-bond acceptors (Lipinski definition) is 4. The number of nitrogens with two attached hydrogens (primary N) is 1. The van der Waals surface area contributed by atoms with E-state index < -0.39 is 6.04 Å². The van der Waals surface area contributed by atoms with Crippen LogP contribution in [0.3, 0.4) is 0 Å². The highest BCUT2D eigenvalue weighted by Gasteiger charge is 2.23. The Morgan fingerprint density at radius 3 is 2.64 bits per heavy atom. The number of carbonyl (C=O) groups is 1. The molecular weight excluding hydrogens is 184 g/mol. The minimum Gasteiger partial charge on any atom is -0.376 e. The largest absolute Gasteiger partial charge is 0.376 e. The van der Waals surface area contributed by atoms with Crippen molar-refractivity contribution in [3.63, 3.8) is 0 Å². The summed E-state index contributed by atoms with van der Waals surface area (Å²) >= 11 is 0. The van der Waals surface area contributed by atoms with Crippen molar-refractivity contribution in [2.75, 3.05) is 19.8 Å². The zero-order chi connectivity index (χ0) is 10.6. The minimum absolute atomic E-state index is 0.130. The van der Waals surface area contributed by atoms with E-state index in [1.807, 2.05) is 13.8 Å². The van der Waals surface area contributed by atoms with E-state index in [4.69, 9.17) is 15.2 Å². The number of primary amides is 1. The molecule has 1 fully saturated rings. The standard InChI is InChI=1S/C9H18N2O3/c1-6(2)11-8(9(10)12)5-14-7-3-13-4-7/h6-8,11H,3-5H2,1-2H3,(H2,10,12). The molecule has 1 aliphatic rings. The first-order valence-corrected chi connectivity index (χ1v) is 4.84. The molecular formula is C9H18N2O3. The molecule has 0 aromatic carbocycles. The average molecular weight is 202 g/mol. The summed E-state index contributed by atoms with van der Waals surface area (Å²) in [5.41, 5.74) is 5.22. The van der Waals surface area contributed by atoms with Crippen molar-refractivity contribution < 1.29 is 14.3 Å². The predicted octanol–water partition coefficient (Wildman–Crippen LogP) is -0.746. The molecule has 3 N–H and O–H groups in total. The lowest BCUT2D eigenvalue weighted by molar-refractivity contribution is -0.140. The lowest BCUT2D eigenvalue weighted by atomic mass is 10.2. The van der Waals surface area contributed by atoms with Crippen LogP contribution in [0.4, 0.5) is 0 Å². The number of ether oxygens (including phenoxy) is 2. The van der Waals surface area contributed by atoms with Gasteiger partial charge in [-0.2, -0.15) is 0 Å². The number of carbonyl (C=O) groups excluding carboxylic acids is 1. The number of rotatable bonds is 6. The van der Waals surface area contributed by atoms with Crippen molar-refractivity contribution >= 4 is 5.91 Å². The van der Waals surface area contributed by atoms with Gasteiger partial charge in [-0.05, 0) is 0 Å². The molecule has 1 heterocycles. The molecule has 1 saturated heterocycles. The molecule has 5 heteroatoms. The molecule has 5 nitrogen and oxygen atoms in total. The summed E-state index contributed by atoms with van der Waals surface area (Å²) in [6.45, 7) is 5.48. The number of amides is 1. The Hall–Kier alpha value is -0.650. The zero-order valence-corrected chi connectivity index (χ0v) is 8.66. The molecule has 0 aromatic heterocycles. The van der Waals surface area contributed by atoms with Gasteiger partial charge in [-0.25, -0.2) is 0 Å².